The van der Waals surface area contributed by atoms with E-state index in [0.29, 0.717) is 10.7 Å². The minimum atomic E-state index is 0.0162. The molecule has 0 saturated heterocycles. The first-order chi connectivity index (χ1) is 14.7. The highest BCUT2D eigenvalue weighted by molar-refractivity contribution is 7.80. The van der Waals surface area contributed by atoms with Crippen LogP contribution in [0.25, 0.3) is 16.6 Å². The summed E-state index contributed by atoms with van der Waals surface area (Å²) in [7, 11) is 3.83. The van der Waals surface area contributed by atoms with E-state index in [1.54, 1.807) is 7.05 Å². The van der Waals surface area contributed by atoms with Gasteiger partial charge in [-0.25, -0.2) is 0 Å². The van der Waals surface area contributed by atoms with Gasteiger partial charge in [0.2, 0.25) is 0 Å². The van der Waals surface area contributed by atoms with Gasteiger partial charge in [0.1, 0.15) is 11.5 Å². The van der Waals surface area contributed by atoms with Crippen LogP contribution in [-0.4, -0.2) is 26.9 Å². The van der Waals surface area contributed by atoms with E-state index in [0.717, 1.165) is 34.3 Å². The van der Waals surface area contributed by atoms with Crippen LogP contribution in [0.3, 0.4) is 0 Å². The Morgan fingerprint density at radius 2 is 1.90 bits per heavy atom. The van der Waals surface area contributed by atoms with E-state index in [9.17, 15) is 10.2 Å². The van der Waals surface area contributed by atoms with Crippen molar-refractivity contribution in [2.75, 3.05) is 11.9 Å². The monoisotopic (exact) mass is 437 g/mol. The van der Waals surface area contributed by atoms with E-state index >= 15 is 0 Å². The Morgan fingerprint density at radius 1 is 1.19 bits per heavy atom. The van der Waals surface area contributed by atoms with Gasteiger partial charge in [-0.1, -0.05) is 26.8 Å². The smallest absolute Gasteiger partial charge is 0.177 e. The van der Waals surface area contributed by atoms with Gasteiger partial charge in [-0.15, -0.1) is 0 Å². The highest BCUT2D eigenvalue weighted by Crippen LogP contribution is 2.39. The summed E-state index contributed by atoms with van der Waals surface area (Å²) in [5.41, 5.74) is 5.41. The summed E-state index contributed by atoms with van der Waals surface area (Å²) in [5.74, 6) is 0.217. The molecule has 3 N–H and O–H groups in total. The van der Waals surface area contributed by atoms with Crippen molar-refractivity contribution in [1.82, 2.24) is 9.88 Å². The van der Waals surface area contributed by atoms with Crippen molar-refractivity contribution >= 4 is 39.6 Å². The fourth-order valence-electron chi connectivity index (χ4n) is 3.97. The Labute approximate surface area is 189 Å². The topological polar surface area (TPSA) is 60.7 Å². The number of nitrogens with zero attached hydrogens (tertiary/aromatic N) is 2. The molecule has 1 heterocycles. The van der Waals surface area contributed by atoms with Crippen LogP contribution in [0.1, 0.15) is 49.8 Å². The van der Waals surface area contributed by atoms with Crippen molar-refractivity contribution < 1.29 is 10.2 Å². The molecule has 5 nitrogen and oxygen atoms in total. The Kier molecular flexibility index (Phi) is 6.60. The van der Waals surface area contributed by atoms with Gasteiger partial charge < -0.3 is 20.1 Å². The third-order valence-corrected chi connectivity index (χ3v) is 5.92. The van der Waals surface area contributed by atoms with Crippen LogP contribution in [0.5, 0.6) is 11.5 Å². The molecular formula is C25H31N3O2S. The number of nitrogens with one attached hydrogen (secondary N) is 1. The number of allylic oxidation sites excluding steroid dienone is 1. The van der Waals surface area contributed by atoms with Crippen molar-refractivity contribution in [3.63, 3.8) is 0 Å². The number of aryl methyl sites for hydroxylation is 2. The van der Waals surface area contributed by atoms with Crippen molar-refractivity contribution in [3.05, 3.63) is 59.3 Å². The van der Waals surface area contributed by atoms with Crippen molar-refractivity contribution in [2.24, 2.45) is 7.05 Å². The highest BCUT2D eigenvalue weighted by atomic mass is 32.1. The number of phenols is 2. The van der Waals surface area contributed by atoms with Crippen molar-refractivity contribution in [1.29, 1.82) is 0 Å². The molecule has 0 fully saturated rings. The van der Waals surface area contributed by atoms with Gasteiger partial charge in [-0.2, -0.15) is 0 Å². The molecule has 0 radical (unpaired) electrons. The fraction of sp³-hybridized carbons (Fsp3) is 0.320. The number of aromatic nitrogens is 1. The lowest BCUT2D eigenvalue weighted by molar-refractivity contribution is 0.443. The van der Waals surface area contributed by atoms with Crippen LogP contribution in [0.4, 0.5) is 5.69 Å². The van der Waals surface area contributed by atoms with Crippen LogP contribution in [0.15, 0.2) is 42.6 Å². The van der Waals surface area contributed by atoms with Crippen LogP contribution >= 0.6 is 12.2 Å². The first-order valence-corrected chi connectivity index (χ1v) is 10.9. The predicted octanol–water partition coefficient (Wildman–Crippen LogP) is 5.78. The van der Waals surface area contributed by atoms with Gasteiger partial charge in [-0.05, 0) is 66.9 Å². The van der Waals surface area contributed by atoms with E-state index in [2.05, 4.69) is 35.1 Å². The van der Waals surface area contributed by atoms with Crippen LogP contribution in [0.2, 0.25) is 0 Å². The fourth-order valence-corrected chi connectivity index (χ4v) is 4.17. The maximum atomic E-state index is 10.8. The third-order valence-electron chi connectivity index (χ3n) is 5.53. The maximum Gasteiger partial charge on any atom is 0.177 e. The summed E-state index contributed by atoms with van der Waals surface area (Å²) in [6, 6.07) is 9.52. The molecule has 0 bridgehead atoms. The molecule has 0 aliphatic heterocycles. The largest absolute Gasteiger partial charge is 0.508 e. The van der Waals surface area contributed by atoms with Crippen molar-refractivity contribution in [3.8, 4) is 11.5 Å². The molecule has 0 spiro atoms. The quantitative estimate of drug-likeness (QED) is 0.442. The average Bonchev–Trinajstić information content (AvgIpc) is 3.00. The molecule has 0 aliphatic carbocycles. The van der Waals surface area contributed by atoms with Gasteiger partial charge in [0.05, 0.1) is 5.70 Å². The molecule has 164 valence electrons. The molecule has 31 heavy (non-hydrogen) atoms. The summed E-state index contributed by atoms with van der Waals surface area (Å²) in [6.45, 7) is 8.17. The molecule has 0 amide bonds. The summed E-state index contributed by atoms with van der Waals surface area (Å²) in [4.78, 5) is 1.95. The first-order valence-electron chi connectivity index (χ1n) is 10.5. The minimum absolute atomic E-state index is 0.0162. The molecule has 1 aromatic heterocycles. The molecule has 0 atom stereocenters. The Hall–Kier alpha value is -2.99. The van der Waals surface area contributed by atoms with Crippen LogP contribution in [-0.2, 0) is 7.05 Å². The lowest BCUT2D eigenvalue weighted by Crippen LogP contribution is -2.36. The summed E-state index contributed by atoms with van der Waals surface area (Å²) >= 11 is 5.70. The minimum Gasteiger partial charge on any atom is -0.508 e. The number of hydrogen-bond acceptors (Lipinski definition) is 3. The second-order valence-corrected chi connectivity index (χ2v) is 8.48. The van der Waals surface area contributed by atoms with E-state index in [4.69, 9.17) is 12.2 Å². The number of aromatic hydroxyl groups is 2. The van der Waals surface area contributed by atoms with Gasteiger partial charge >= 0.3 is 0 Å². The lowest BCUT2D eigenvalue weighted by Gasteiger charge is -2.29. The molecule has 0 aliphatic rings. The number of fused-ring (bicyclic) bond motifs is 1. The van der Waals surface area contributed by atoms with Crippen LogP contribution < -0.4 is 10.2 Å². The molecular weight excluding hydrogens is 406 g/mol. The number of anilines is 1. The van der Waals surface area contributed by atoms with E-state index in [1.165, 1.54) is 11.6 Å². The number of thiocarbonyl (C=S) groups is 1. The Morgan fingerprint density at radius 3 is 2.52 bits per heavy atom. The van der Waals surface area contributed by atoms with Crippen LogP contribution in [0, 0.1) is 6.92 Å². The SMILES string of the molecule is CCC=C(c1cc(C(C)C)c(O)cc1O)N(C(=S)NC)c1ccc2c(c1)c(C)cn2C. The zero-order valence-corrected chi connectivity index (χ0v) is 19.8. The second-order valence-electron chi connectivity index (χ2n) is 8.10. The van der Waals surface area contributed by atoms with E-state index in [1.807, 2.05) is 50.9 Å². The summed E-state index contributed by atoms with van der Waals surface area (Å²) in [6.07, 6.45) is 4.91. The first kappa shape index (κ1) is 22.7. The molecule has 2 aromatic carbocycles. The molecule has 0 unspecified atom stereocenters. The zero-order valence-electron chi connectivity index (χ0n) is 19.0. The Bertz CT molecular complexity index is 1160. The van der Waals surface area contributed by atoms with E-state index in [-0.39, 0.29) is 17.4 Å². The summed E-state index contributed by atoms with van der Waals surface area (Å²) < 4.78 is 2.11. The number of hydrogen-bond donors (Lipinski definition) is 3. The standard InChI is InChI=1S/C25H31N3O2S/c1-7-8-22(20-12-18(15(2)3)23(29)13-24(20)30)28(25(31)26-5)17-9-10-21-19(11-17)16(4)14-27(21)6/h8-15,29-30H,7H2,1-6H3,(H,26,31). The molecule has 3 aromatic rings. The van der Waals surface area contributed by atoms with E-state index < -0.39 is 0 Å². The molecule has 0 saturated carbocycles. The zero-order chi connectivity index (χ0) is 22.9. The van der Waals surface area contributed by atoms with Gasteiger partial charge in [0.25, 0.3) is 0 Å². The lowest BCUT2D eigenvalue weighted by atomic mass is 9.96. The van der Waals surface area contributed by atoms with Gasteiger partial charge in [-0.3, -0.25) is 4.90 Å². The number of phenolic OH excluding ortho intramolecular Hbond substituents is 2. The molecule has 6 heteroatoms. The number of rotatable bonds is 5. The average molecular weight is 438 g/mol. The van der Waals surface area contributed by atoms with Gasteiger partial charge in [0, 0.05) is 48.5 Å². The highest BCUT2D eigenvalue weighted by Gasteiger charge is 2.23. The van der Waals surface area contributed by atoms with Crippen molar-refractivity contribution in [2.45, 2.75) is 40.0 Å². The van der Waals surface area contributed by atoms with Gasteiger partial charge in [0.15, 0.2) is 5.11 Å². The molecule has 3 rings (SSSR count). The Balaban J connectivity index is 2.25. The predicted molar refractivity (Wildman–Crippen MR) is 134 cm³/mol. The third kappa shape index (κ3) is 4.26. The summed E-state index contributed by atoms with van der Waals surface area (Å²) in [5, 5.41) is 25.9. The normalized spacial score (nSPS) is 11.9. The maximum absolute atomic E-state index is 10.8. The second kappa shape index (κ2) is 9.02. The number of benzene rings is 2.